The molecule has 1 N–H and O–H groups in total. The molecule has 0 spiro atoms. The summed E-state index contributed by atoms with van der Waals surface area (Å²) >= 11 is 0. The normalized spacial score (nSPS) is 11.3. The minimum Gasteiger partial charge on any atom is -0.468 e. The molecule has 0 unspecified atom stereocenters. The number of nitrogens with zero attached hydrogens (tertiary/aromatic N) is 1. The first-order valence-corrected chi connectivity index (χ1v) is 6.80. The second-order valence-electron chi connectivity index (χ2n) is 4.44. The summed E-state index contributed by atoms with van der Waals surface area (Å²) in [4.78, 5) is 2.39. The largest absolute Gasteiger partial charge is 0.468 e. The number of hydrogen-bond donors (Lipinski definition) is 1. The third-order valence-corrected chi connectivity index (χ3v) is 2.92. The number of nitrogens with one attached hydrogen (secondary N) is 1. The quantitative estimate of drug-likeness (QED) is 0.581. The molecule has 1 heterocycles. The number of methoxy groups -OCH3 is 2. The van der Waals surface area contributed by atoms with Crippen molar-refractivity contribution in [2.75, 3.05) is 53.6 Å². The van der Waals surface area contributed by atoms with Crippen LogP contribution in [0.3, 0.4) is 0 Å². The zero-order chi connectivity index (χ0) is 13.8. The van der Waals surface area contributed by atoms with Crippen molar-refractivity contribution < 1.29 is 13.9 Å². The summed E-state index contributed by atoms with van der Waals surface area (Å²) in [6, 6.07) is 3.89. The number of hydrogen-bond acceptors (Lipinski definition) is 5. The van der Waals surface area contributed by atoms with Crippen molar-refractivity contribution in [3.05, 3.63) is 24.2 Å². The van der Waals surface area contributed by atoms with E-state index in [2.05, 4.69) is 10.2 Å². The summed E-state index contributed by atoms with van der Waals surface area (Å²) in [5.41, 5.74) is 0. The predicted molar refractivity (Wildman–Crippen MR) is 75.2 cm³/mol. The maximum atomic E-state index is 5.27. The molecule has 0 aliphatic heterocycles. The molecule has 0 saturated carbocycles. The van der Waals surface area contributed by atoms with Crippen molar-refractivity contribution in [2.24, 2.45) is 0 Å². The molecular formula is C14H26N2O3. The summed E-state index contributed by atoms with van der Waals surface area (Å²) in [5.74, 6) is 0.975. The Hall–Kier alpha value is -0.880. The van der Waals surface area contributed by atoms with E-state index in [1.54, 1.807) is 20.5 Å². The number of rotatable bonds is 12. The van der Waals surface area contributed by atoms with Gasteiger partial charge in [0, 0.05) is 47.0 Å². The Labute approximate surface area is 115 Å². The maximum Gasteiger partial charge on any atom is 0.117 e. The molecule has 0 aliphatic carbocycles. The highest BCUT2D eigenvalue weighted by molar-refractivity contribution is 4.97. The monoisotopic (exact) mass is 270 g/mol. The minimum atomic E-state index is 0.769. The van der Waals surface area contributed by atoms with Gasteiger partial charge >= 0.3 is 0 Å². The van der Waals surface area contributed by atoms with Crippen LogP contribution in [0.15, 0.2) is 22.8 Å². The van der Waals surface area contributed by atoms with Crippen molar-refractivity contribution in [1.82, 2.24) is 10.2 Å². The third kappa shape index (κ3) is 8.00. The van der Waals surface area contributed by atoms with Crippen LogP contribution in [0.4, 0.5) is 0 Å². The van der Waals surface area contributed by atoms with Gasteiger partial charge in [0.15, 0.2) is 0 Å². The average Bonchev–Trinajstić information content (AvgIpc) is 2.93. The van der Waals surface area contributed by atoms with E-state index in [0.717, 1.165) is 58.1 Å². The third-order valence-electron chi connectivity index (χ3n) is 2.92. The molecule has 5 nitrogen and oxygen atoms in total. The lowest BCUT2D eigenvalue weighted by Crippen LogP contribution is -2.35. The Bertz CT molecular complexity index is 291. The molecule has 0 amide bonds. The zero-order valence-electron chi connectivity index (χ0n) is 12.1. The van der Waals surface area contributed by atoms with Gasteiger partial charge in [0.25, 0.3) is 0 Å². The van der Waals surface area contributed by atoms with Crippen molar-refractivity contribution in [3.63, 3.8) is 0 Å². The second kappa shape index (κ2) is 11.0. The van der Waals surface area contributed by atoms with E-state index < -0.39 is 0 Å². The van der Waals surface area contributed by atoms with Crippen molar-refractivity contribution in [2.45, 2.75) is 13.0 Å². The standard InChI is InChI=1S/C14H26N2O3/c1-17-10-4-7-16(9-12-18-2)8-6-15-13-14-5-3-11-19-14/h3,5,11,15H,4,6-10,12-13H2,1-2H3. The lowest BCUT2D eigenvalue weighted by Gasteiger charge is -2.21. The van der Waals surface area contributed by atoms with E-state index >= 15 is 0 Å². The minimum absolute atomic E-state index is 0.769. The lowest BCUT2D eigenvalue weighted by atomic mass is 10.3. The van der Waals surface area contributed by atoms with Crippen LogP contribution >= 0.6 is 0 Å². The molecule has 0 fully saturated rings. The summed E-state index contributed by atoms with van der Waals surface area (Å²) < 4.78 is 15.5. The number of furan rings is 1. The molecule has 0 aliphatic rings. The number of ether oxygens (including phenoxy) is 2. The molecule has 5 heteroatoms. The van der Waals surface area contributed by atoms with Gasteiger partial charge in [-0.25, -0.2) is 0 Å². The van der Waals surface area contributed by atoms with Crippen LogP contribution in [0.2, 0.25) is 0 Å². The smallest absolute Gasteiger partial charge is 0.117 e. The van der Waals surface area contributed by atoms with Crippen LogP contribution in [0.5, 0.6) is 0 Å². The molecule has 0 bridgehead atoms. The first-order chi connectivity index (χ1) is 9.36. The van der Waals surface area contributed by atoms with Crippen LogP contribution in [0, 0.1) is 0 Å². The fraction of sp³-hybridized carbons (Fsp3) is 0.714. The van der Waals surface area contributed by atoms with Gasteiger partial charge < -0.3 is 19.2 Å². The van der Waals surface area contributed by atoms with Crippen LogP contribution in [0.25, 0.3) is 0 Å². The Balaban J connectivity index is 2.11. The molecule has 0 saturated heterocycles. The molecule has 0 atom stereocenters. The zero-order valence-corrected chi connectivity index (χ0v) is 12.1. The molecular weight excluding hydrogens is 244 g/mol. The molecule has 0 aromatic carbocycles. The van der Waals surface area contributed by atoms with E-state index in [1.165, 1.54) is 0 Å². The lowest BCUT2D eigenvalue weighted by molar-refractivity contribution is 0.133. The molecule has 1 rings (SSSR count). The Kier molecular flexibility index (Phi) is 9.36. The van der Waals surface area contributed by atoms with Gasteiger partial charge in [-0.3, -0.25) is 4.90 Å². The van der Waals surface area contributed by atoms with Gasteiger partial charge in [-0.05, 0) is 18.6 Å². The summed E-state index contributed by atoms with van der Waals surface area (Å²) in [5, 5.41) is 3.38. The van der Waals surface area contributed by atoms with E-state index in [9.17, 15) is 0 Å². The van der Waals surface area contributed by atoms with Crippen LogP contribution in [-0.2, 0) is 16.0 Å². The first kappa shape index (κ1) is 16.2. The van der Waals surface area contributed by atoms with E-state index in [4.69, 9.17) is 13.9 Å². The summed E-state index contributed by atoms with van der Waals surface area (Å²) in [7, 11) is 3.48. The van der Waals surface area contributed by atoms with E-state index in [-0.39, 0.29) is 0 Å². The van der Waals surface area contributed by atoms with E-state index in [0.29, 0.717) is 0 Å². The Morgan fingerprint density at radius 2 is 2.00 bits per heavy atom. The van der Waals surface area contributed by atoms with Gasteiger partial charge in [0.05, 0.1) is 19.4 Å². The van der Waals surface area contributed by atoms with Crippen molar-refractivity contribution in [1.29, 1.82) is 0 Å². The summed E-state index contributed by atoms with van der Waals surface area (Å²) in [6.07, 6.45) is 2.76. The second-order valence-corrected chi connectivity index (χ2v) is 4.44. The van der Waals surface area contributed by atoms with Crippen molar-refractivity contribution in [3.8, 4) is 0 Å². The molecule has 1 aromatic rings. The average molecular weight is 270 g/mol. The Morgan fingerprint density at radius 1 is 1.16 bits per heavy atom. The highest BCUT2D eigenvalue weighted by Gasteiger charge is 2.04. The van der Waals surface area contributed by atoms with Crippen LogP contribution in [0.1, 0.15) is 12.2 Å². The van der Waals surface area contributed by atoms with E-state index in [1.807, 2.05) is 12.1 Å². The fourth-order valence-corrected chi connectivity index (χ4v) is 1.85. The van der Waals surface area contributed by atoms with Gasteiger partial charge in [-0.15, -0.1) is 0 Å². The highest BCUT2D eigenvalue weighted by atomic mass is 16.5. The molecule has 19 heavy (non-hydrogen) atoms. The molecule has 1 aromatic heterocycles. The van der Waals surface area contributed by atoms with Crippen molar-refractivity contribution >= 4 is 0 Å². The highest BCUT2D eigenvalue weighted by Crippen LogP contribution is 1.98. The maximum absolute atomic E-state index is 5.27. The van der Waals surface area contributed by atoms with Gasteiger partial charge in [0.2, 0.25) is 0 Å². The predicted octanol–water partition coefficient (Wildman–Crippen LogP) is 1.35. The Morgan fingerprint density at radius 3 is 2.68 bits per heavy atom. The fourth-order valence-electron chi connectivity index (χ4n) is 1.85. The first-order valence-electron chi connectivity index (χ1n) is 6.80. The van der Waals surface area contributed by atoms with Gasteiger partial charge in [-0.1, -0.05) is 0 Å². The van der Waals surface area contributed by atoms with Crippen LogP contribution < -0.4 is 5.32 Å². The van der Waals surface area contributed by atoms with Gasteiger partial charge in [-0.2, -0.15) is 0 Å². The van der Waals surface area contributed by atoms with Crippen LogP contribution in [-0.4, -0.2) is 58.5 Å². The SMILES string of the molecule is COCCCN(CCNCc1ccco1)CCOC. The molecule has 0 radical (unpaired) electrons. The molecule has 110 valence electrons. The van der Waals surface area contributed by atoms with Gasteiger partial charge in [0.1, 0.15) is 5.76 Å². The summed E-state index contributed by atoms with van der Waals surface area (Å²) in [6.45, 7) is 6.31. The topological polar surface area (TPSA) is 46.9 Å².